The van der Waals surface area contributed by atoms with Crippen molar-refractivity contribution < 1.29 is 42.9 Å². The van der Waals surface area contributed by atoms with Gasteiger partial charge in [0.2, 0.25) is 5.75 Å². The third-order valence-electron chi connectivity index (χ3n) is 4.76. The summed E-state index contributed by atoms with van der Waals surface area (Å²) in [6.45, 7) is 17.1. The summed E-state index contributed by atoms with van der Waals surface area (Å²) < 4.78 is 27.0. The number of hydrogen-bond acceptors (Lipinski definition) is 9. The van der Waals surface area contributed by atoms with Crippen LogP contribution in [-0.4, -0.2) is 54.5 Å². The van der Waals surface area contributed by atoms with Gasteiger partial charge in [0.1, 0.15) is 23.3 Å². The summed E-state index contributed by atoms with van der Waals surface area (Å²) in [7, 11) is 1.36. The van der Waals surface area contributed by atoms with Crippen LogP contribution in [0, 0.1) is 11.8 Å². The molecule has 2 unspecified atom stereocenters. The Morgan fingerprint density at radius 3 is 1.45 bits per heavy atom. The van der Waals surface area contributed by atoms with Gasteiger partial charge in [-0.2, -0.15) is 0 Å². The number of hydrogen-bond donors (Lipinski definition) is 2. The second kappa shape index (κ2) is 13.3. The Labute approximate surface area is 224 Å². The summed E-state index contributed by atoms with van der Waals surface area (Å²) in [5, 5.41) is 5.04. The third-order valence-corrected chi connectivity index (χ3v) is 4.76. The van der Waals surface area contributed by atoms with Crippen LogP contribution in [0.2, 0.25) is 0 Å². The fourth-order valence-electron chi connectivity index (χ4n) is 3.04. The van der Waals surface area contributed by atoms with E-state index in [0.29, 0.717) is 0 Å². The van der Waals surface area contributed by atoms with E-state index < -0.39 is 47.4 Å². The molecule has 0 aliphatic heterocycles. The molecule has 1 rings (SSSR count). The van der Waals surface area contributed by atoms with Crippen molar-refractivity contribution in [2.45, 2.75) is 92.5 Å². The van der Waals surface area contributed by atoms with E-state index in [9.17, 15) is 19.2 Å². The minimum Gasteiger partial charge on any atom is -0.493 e. The van der Waals surface area contributed by atoms with Crippen LogP contribution in [0.25, 0.3) is 0 Å². The van der Waals surface area contributed by atoms with Crippen LogP contribution in [0.5, 0.6) is 17.2 Å². The first-order valence-electron chi connectivity index (χ1n) is 12.4. The van der Waals surface area contributed by atoms with Gasteiger partial charge in [-0.05, 0) is 65.5 Å². The van der Waals surface area contributed by atoms with Crippen molar-refractivity contribution in [1.29, 1.82) is 0 Å². The first-order valence-corrected chi connectivity index (χ1v) is 12.4. The third kappa shape index (κ3) is 10.9. The van der Waals surface area contributed by atoms with E-state index in [2.05, 4.69) is 10.6 Å². The summed E-state index contributed by atoms with van der Waals surface area (Å²) in [5.41, 5.74) is -1.52. The smallest absolute Gasteiger partial charge is 0.408 e. The number of nitrogens with one attached hydrogen (secondary N) is 2. The molecule has 1 aromatic rings. The maximum absolute atomic E-state index is 13.1. The number of carbonyl (C=O) groups is 4. The van der Waals surface area contributed by atoms with Gasteiger partial charge < -0.3 is 34.3 Å². The predicted octanol–water partition coefficient (Wildman–Crippen LogP) is 4.60. The Morgan fingerprint density at radius 2 is 1.08 bits per heavy atom. The zero-order valence-corrected chi connectivity index (χ0v) is 24.2. The van der Waals surface area contributed by atoms with E-state index in [1.807, 2.05) is 0 Å². The molecule has 2 atom stereocenters. The van der Waals surface area contributed by atoms with Gasteiger partial charge in [-0.3, -0.25) is 0 Å². The molecular formula is C27H42N2O9. The molecular weight excluding hydrogens is 496 g/mol. The maximum atomic E-state index is 13.1. The topological polar surface area (TPSA) is 138 Å². The van der Waals surface area contributed by atoms with Crippen LogP contribution in [0.1, 0.15) is 69.2 Å². The van der Waals surface area contributed by atoms with Crippen LogP contribution in [-0.2, 0) is 19.1 Å². The van der Waals surface area contributed by atoms with Crippen molar-refractivity contribution in [3.05, 3.63) is 18.2 Å². The lowest BCUT2D eigenvalue weighted by Crippen LogP contribution is -2.48. The van der Waals surface area contributed by atoms with Crippen molar-refractivity contribution in [2.24, 2.45) is 11.8 Å². The maximum Gasteiger partial charge on any atom is 0.408 e. The highest BCUT2D eigenvalue weighted by Crippen LogP contribution is 2.38. The molecule has 11 nitrogen and oxygen atoms in total. The fourth-order valence-corrected chi connectivity index (χ4v) is 3.04. The monoisotopic (exact) mass is 538 g/mol. The van der Waals surface area contributed by atoms with Crippen LogP contribution in [0.15, 0.2) is 18.2 Å². The van der Waals surface area contributed by atoms with E-state index >= 15 is 0 Å². The average Bonchev–Trinajstić information content (AvgIpc) is 2.73. The molecule has 0 fully saturated rings. The van der Waals surface area contributed by atoms with Crippen molar-refractivity contribution in [2.75, 3.05) is 7.11 Å². The molecule has 2 amide bonds. The van der Waals surface area contributed by atoms with E-state index in [1.165, 1.54) is 19.2 Å². The molecule has 0 spiro atoms. The number of rotatable bonds is 9. The standard InChI is InChI=1S/C27H42N2O9/c1-15(2)19(28-24(32)37-26(5,6)7)22(30)35-18-14-12-13-17(34-11)21(18)36-23(31)20(16(3)4)29-25(33)38-27(8,9)10/h12-16,19-20H,1-11H3,(H,28,32)(H,29,33). The van der Waals surface area contributed by atoms with Gasteiger partial charge in [-0.15, -0.1) is 0 Å². The van der Waals surface area contributed by atoms with Gasteiger partial charge in [0.15, 0.2) is 11.5 Å². The molecule has 0 saturated carbocycles. The van der Waals surface area contributed by atoms with Crippen LogP contribution in [0.4, 0.5) is 9.59 Å². The molecule has 1 aromatic carbocycles. The minimum absolute atomic E-state index is 0.112. The van der Waals surface area contributed by atoms with Gasteiger partial charge in [-0.1, -0.05) is 33.8 Å². The zero-order valence-electron chi connectivity index (χ0n) is 24.2. The number of para-hydroxylation sites is 1. The number of carbonyl (C=O) groups excluding carboxylic acids is 4. The van der Waals surface area contributed by atoms with Crippen molar-refractivity contribution in [1.82, 2.24) is 10.6 Å². The van der Waals surface area contributed by atoms with Gasteiger partial charge >= 0.3 is 24.1 Å². The summed E-state index contributed by atoms with van der Waals surface area (Å²) in [4.78, 5) is 50.8. The molecule has 0 aliphatic rings. The Balaban J connectivity index is 3.20. The Hall–Kier alpha value is -3.50. The van der Waals surface area contributed by atoms with Crippen LogP contribution in [0.3, 0.4) is 0 Å². The van der Waals surface area contributed by atoms with Gasteiger partial charge in [0.25, 0.3) is 0 Å². The summed E-state index contributed by atoms with van der Waals surface area (Å²) >= 11 is 0. The second-order valence-corrected chi connectivity index (χ2v) is 11.4. The molecule has 0 bridgehead atoms. The minimum atomic E-state index is -1.07. The highest BCUT2D eigenvalue weighted by atomic mass is 16.6. The molecule has 0 radical (unpaired) electrons. The van der Waals surface area contributed by atoms with Gasteiger partial charge in [0, 0.05) is 0 Å². The molecule has 214 valence electrons. The van der Waals surface area contributed by atoms with Crippen molar-refractivity contribution in [3.63, 3.8) is 0 Å². The number of amides is 2. The Morgan fingerprint density at radius 1 is 0.684 bits per heavy atom. The lowest BCUT2D eigenvalue weighted by molar-refractivity contribution is -0.140. The number of methoxy groups -OCH3 is 1. The second-order valence-electron chi connectivity index (χ2n) is 11.4. The fraction of sp³-hybridized carbons (Fsp3) is 0.630. The van der Waals surface area contributed by atoms with E-state index in [4.69, 9.17) is 23.7 Å². The molecule has 0 heterocycles. The highest BCUT2D eigenvalue weighted by Gasteiger charge is 2.32. The van der Waals surface area contributed by atoms with Crippen LogP contribution >= 0.6 is 0 Å². The van der Waals surface area contributed by atoms with E-state index in [-0.39, 0.29) is 29.1 Å². The summed E-state index contributed by atoms with van der Waals surface area (Å²) in [5.74, 6) is -2.49. The first-order chi connectivity index (χ1) is 17.3. The lowest BCUT2D eigenvalue weighted by Gasteiger charge is -2.26. The van der Waals surface area contributed by atoms with Crippen LogP contribution < -0.4 is 24.8 Å². The van der Waals surface area contributed by atoms with Crippen molar-refractivity contribution >= 4 is 24.1 Å². The average molecular weight is 539 g/mol. The normalized spacial score (nSPS) is 13.3. The number of benzene rings is 1. The largest absolute Gasteiger partial charge is 0.493 e. The van der Waals surface area contributed by atoms with Gasteiger partial charge in [0.05, 0.1) is 7.11 Å². The SMILES string of the molecule is COc1cccc(OC(=O)C(NC(=O)OC(C)(C)C)C(C)C)c1OC(=O)C(NC(=O)OC(C)(C)C)C(C)C. The highest BCUT2D eigenvalue weighted by molar-refractivity contribution is 5.86. The van der Waals surface area contributed by atoms with Crippen molar-refractivity contribution in [3.8, 4) is 17.2 Å². The molecule has 38 heavy (non-hydrogen) atoms. The summed E-state index contributed by atoms with van der Waals surface area (Å²) in [6, 6.07) is 2.35. The first kappa shape index (κ1) is 32.5. The van der Waals surface area contributed by atoms with Gasteiger partial charge in [-0.25, -0.2) is 19.2 Å². The molecule has 0 aromatic heterocycles. The number of ether oxygens (including phenoxy) is 5. The summed E-state index contributed by atoms with van der Waals surface area (Å²) in [6.07, 6.45) is -1.56. The number of esters is 2. The molecule has 0 aliphatic carbocycles. The zero-order chi connectivity index (χ0) is 29.4. The lowest BCUT2D eigenvalue weighted by atomic mass is 10.0. The molecule has 11 heteroatoms. The quantitative estimate of drug-likeness (QED) is 0.341. The number of alkyl carbamates (subject to hydrolysis) is 2. The Bertz CT molecular complexity index is 991. The Kier molecular flexibility index (Phi) is 11.4. The van der Waals surface area contributed by atoms with E-state index in [1.54, 1.807) is 75.3 Å². The van der Waals surface area contributed by atoms with E-state index in [0.717, 1.165) is 0 Å². The molecule has 2 N–H and O–H groups in total. The predicted molar refractivity (Wildman–Crippen MR) is 140 cm³/mol. The molecule has 0 saturated heterocycles.